The summed E-state index contributed by atoms with van der Waals surface area (Å²) in [5.41, 5.74) is 6.19. The quantitative estimate of drug-likeness (QED) is 0.742. The first-order valence-electron chi connectivity index (χ1n) is 7.93. The number of hydrogen-bond acceptors (Lipinski definition) is 3. The van der Waals surface area contributed by atoms with Crippen molar-refractivity contribution in [2.45, 2.75) is 63.5 Å². The van der Waals surface area contributed by atoms with Crippen molar-refractivity contribution < 1.29 is 9.59 Å². The summed E-state index contributed by atoms with van der Waals surface area (Å²) < 4.78 is 0. The van der Waals surface area contributed by atoms with Gasteiger partial charge in [0.25, 0.3) is 0 Å². The lowest BCUT2D eigenvalue weighted by atomic mass is 9.91. The Labute approximate surface area is 121 Å². The Morgan fingerprint density at radius 3 is 2.50 bits per heavy atom. The van der Waals surface area contributed by atoms with Gasteiger partial charge in [-0.05, 0) is 32.1 Å². The highest BCUT2D eigenvalue weighted by atomic mass is 16.2. The molecule has 1 aliphatic heterocycles. The van der Waals surface area contributed by atoms with E-state index in [0.717, 1.165) is 51.4 Å². The number of amides is 2. The van der Waals surface area contributed by atoms with Crippen LogP contribution in [0.2, 0.25) is 0 Å². The van der Waals surface area contributed by atoms with Crippen LogP contribution in [0, 0.1) is 5.92 Å². The van der Waals surface area contributed by atoms with Gasteiger partial charge in [0.2, 0.25) is 11.8 Å². The Morgan fingerprint density at radius 2 is 1.75 bits per heavy atom. The van der Waals surface area contributed by atoms with Crippen LogP contribution in [0.5, 0.6) is 0 Å². The second kappa shape index (κ2) is 7.07. The molecule has 114 valence electrons. The smallest absolute Gasteiger partial charge is 0.242 e. The Hall–Kier alpha value is -1.10. The topological polar surface area (TPSA) is 75.4 Å². The maximum Gasteiger partial charge on any atom is 0.242 e. The molecule has 2 aliphatic rings. The number of nitrogens with zero attached hydrogens (tertiary/aromatic N) is 1. The number of likely N-dealkylation sites (tertiary alicyclic amines) is 1. The molecule has 2 rings (SSSR count). The van der Waals surface area contributed by atoms with Crippen molar-refractivity contribution >= 4 is 11.8 Å². The van der Waals surface area contributed by atoms with Gasteiger partial charge in [0.15, 0.2) is 0 Å². The highest BCUT2D eigenvalue weighted by Gasteiger charge is 2.37. The normalized spacial score (nSPS) is 31.5. The molecule has 1 aliphatic carbocycles. The second-order valence-electron chi connectivity index (χ2n) is 6.07. The molecule has 0 spiro atoms. The molecule has 3 unspecified atom stereocenters. The minimum Gasteiger partial charge on any atom is -0.357 e. The number of nitrogens with two attached hydrogens (primary N) is 1. The Balaban J connectivity index is 2.09. The van der Waals surface area contributed by atoms with Gasteiger partial charge in [-0.2, -0.15) is 0 Å². The highest BCUT2D eigenvalue weighted by molar-refractivity contribution is 5.88. The van der Waals surface area contributed by atoms with Crippen molar-refractivity contribution in [1.29, 1.82) is 0 Å². The number of carbonyl (C=O) groups excluding carboxylic acids is 2. The summed E-state index contributed by atoms with van der Waals surface area (Å²) in [6.07, 6.45) is 7.92. The predicted molar refractivity (Wildman–Crippen MR) is 78.0 cm³/mol. The average Bonchev–Trinajstić information content (AvgIpc) is 2.70. The Kier molecular flexibility index (Phi) is 5.40. The Morgan fingerprint density at radius 1 is 1.05 bits per heavy atom. The Bertz CT molecular complexity index is 359. The fourth-order valence-corrected chi connectivity index (χ4v) is 3.49. The first kappa shape index (κ1) is 15.3. The van der Waals surface area contributed by atoms with Crippen molar-refractivity contribution in [2.75, 3.05) is 13.6 Å². The van der Waals surface area contributed by atoms with E-state index in [1.54, 1.807) is 11.9 Å². The molecular weight excluding hydrogens is 254 g/mol. The molecule has 2 amide bonds. The molecule has 20 heavy (non-hydrogen) atoms. The van der Waals surface area contributed by atoms with Gasteiger partial charge in [-0.25, -0.2) is 0 Å². The fourth-order valence-electron chi connectivity index (χ4n) is 3.49. The summed E-state index contributed by atoms with van der Waals surface area (Å²) in [4.78, 5) is 26.6. The molecule has 0 aromatic heterocycles. The summed E-state index contributed by atoms with van der Waals surface area (Å²) in [7, 11) is 1.64. The van der Waals surface area contributed by atoms with Gasteiger partial charge < -0.3 is 16.0 Å². The zero-order chi connectivity index (χ0) is 14.5. The third-order valence-electron chi connectivity index (χ3n) is 4.72. The van der Waals surface area contributed by atoms with E-state index in [4.69, 9.17) is 5.73 Å². The third kappa shape index (κ3) is 3.32. The maximum atomic E-state index is 12.8. The minimum atomic E-state index is -0.295. The number of nitrogens with one attached hydrogen (secondary N) is 1. The first-order chi connectivity index (χ1) is 9.65. The molecule has 0 aromatic rings. The third-order valence-corrected chi connectivity index (χ3v) is 4.72. The molecule has 1 heterocycles. The number of hydrogen-bond donors (Lipinski definition) is 2. The van der Waals surface area contributed by atoms with Crippen LogP contribution >= 0.6 is 0 Å². The molecule has 0 aromatic carbocycles. The first-order valence-corrected chi connectivity index (χ1v) is 7.93. The van der Waals surface area contributed by atoms with Crippen LogP contribution in [0.3, 0.4) is 0 Å². The van der Waals surface area contributed by atoms with Gasteiger partial charge in [0.1, 0.15) is 6.04 Å². The number of carbonyl (C=O) groups is 2. The molecule has 1 saturated heterocycles. The molecule has 0 radical (unpaired) electrons. The van der Waals surface area contributed by atoms with E-state index in [2.05, 4.69) is 5.32 Å². The second-order valence-corrected chi connectivity index (χ2v) is 6.07. The van der Waals surface area contributed by atoms with E-state index in [9.17, 15) is 9.59 Å². The monoisotopic (exact) mass is 281 g/mol. The van der Waals surface area contributed by atoms with Crippen LogP contribution in [-0.2, 0) is 9.59 Å². The molecule has 5 heteroatoms. The van der Waals surface area contributed by atoms with Gasteiger partial charge in [-0.15, -0.1) is 0 Å². The maximum absolute atomic E-state index is 12.8. The van der Waals surface area contributed by atoms with Crippen molar-refractivity contribution in [2.24, 2.45) is 11.7 Å². The highest BCUT2D eigenvalue weighted by Crippen LogP contribution is 2.27. The molecular formula is C15H27N3O2. The van der Waals surface area contributed by atoms with E-state index in [1.165, 1.54) is 0 Å². The van der Waals surface area contributed by atoms with Crippen molar-refractivity contribution in [3.05, 3.63) is 0 Å². The van der Waals surface area contributed by atoms with Crippen LogP contribution in [0.1, 0.15) is 51.4 Å². The van der Waals surface area contributed by atoms with Crippen molar-refractivity contribution in [1.82, 2.24) is 10.2 Å². The van der Waals surface area contributed by atoms with E-state index in [-0.39, 0.29) is 29.8 Å². The lowest BCUT2D eigenvalue weighted by Crippen LogP contribution is -2.54. The van der Waals surface area contributed by atoms with Gasteiger partial charge in [0, 0.05) is 19.6 Å². The molecule has 1 saturated carbocycles. The molecule has 2 fully saturated rings. The summed E-state index contributed by atoms with van der Waals surface area (Å²) in [5.74, 6) is -0.0318. The summed E-state index contributed by atoms with van der Waals surface area (Å²) in [6, 6.07) is -0.339. The number of rotatable bonds is 2. The fraction of sp³-hybridized carbons (Fsp3) is 0.867. The lowest BCUT2D eigenvalue weighted by Gasteiger charge is -2.37. The molecule has 5 nitrogen and oxygen atoms in total. The van der Waals surface area contributed by atoms with Crippen LogP contribution in [0.15, 0.2) is 0 Å². The lowest BCUT2D eigenvalue weighted by molar-refractivity contribution is -0.146. The number of likely N-dealkylation sites (N-methyl/N-ethyl adjacent to an activating group) is 1. The van der Waals surface area contributed by atoms with Crippen LogP contribution < -0.4 is 11.1 Å². The van der Waals surface area contributed by atoms with Gasteiger partial charge in [-0.1, -0.05) is 19.3 Å². The summed E-state index contributed by atoms with van der Waals surface area (Å²) in [6.45, 7) is 0.695. The van der Waals surface area contributed by atoms with Crippen molar-refractivity contribution in [3.8, 4) is 0 Å². The predicted octanol–water partition coefficient (Wildman–Crippen LogP) is 1.02. The minimum absolute atomic E-state index is 0.0414. The van der Waals surface area contributed by atoms with Crippen LogP contribution in [0.25, 0.3) is 0 Å². The van der Waals surface area contributed by atoms with Crippen molar-refractivity contribution in [3.63, 3.8) is 0 Å². The zero-order valence-electron chi connectivity index (χ0n) is 12.4. The number of piperidine rings is 1. The van der Waals surface area contributed by atoms with E-state index in [0.29, 0.717) is 6.54 Å². The van der Waals surface area contributed by atoms with Crippen LogP contribution in [0.4, 0.5) is 0 Å². The van der Waals surface area contributed by atoms with E-state index >= 15 is 0 Å². The van der Waals surface area contributed by atoms with Gasteiger partial charge in [-0.3, -0.25) is 9.59 Å². The summed E-state index contributed by atoms with van der Waals surface area (Å²) in [5, 5.41) is 2.68. The molecule has 3 atom stereocenters. The van der Waals surface area contributed by atoms with Gasteiger partial charge >= 0.3 is 0 Å². The molecule has 3 N–H and O–H groups in total. The standard InChI is InChI=1S/C15H27N3O2/c1-17-14(19)13-9-5-6-10-18(13)15(20)11-7-3-2-4-8-12(11)16/h11-13H,2-10,16H2,1H3,(H,17,19). The van der Waals surface area contributed by atoms with Crippen LogP contribution in [-0.4, -0.2) is 42.4 Å². The average molecular weight is 281 g/mol. The summed E-state index contributed by atoms with van der Waals surface area (Å²) >= 11 is 0. The van der Waals surface area contributed by atoms with E-state index in [1.807, 2.05) is 0 Å². The zero-order valence-corrected chi connectivity index (χ0v) is 12.4. The SMILES string of the molecule is CNC(=O)C1CCCCN1C(=O)C1CCCCCC1N. The van der Waals surface area contributed by atoms with Gasteiger partial charge in [0.05, 0.1) is 5.92 Å². The van der Waals surface area contributed by atoms with E-state index < -0.39 is 0 Å². The molecule has 0 bridgehead atoms. The largest absolute Gasteiger partial charge is 0.357 e.